The summed E-state index contributed by atoms with van der Waals surface area (Å²) in [5.41, 5.74) is 1.40. The summed E-state index contributed by atoms with van der Waals surface area (Å²) in [5.74, 6) is 0.723. The molecule has 2 aliphatic rings. The molecule has 2 aliphatic heterocycles. The molecular weight excluding hydrogens is 536 g/mol. The predicted octanol–water partition coefficient (Wildman–Crippen LogP) is 2.84. The molecule has 0 bridgehead atoms. The highest BCUT2D eigenvalue weighted by atomic mass is 16.5. The third-order valence-corrected chi connectivity index (χ3v) is 7.98. The number of hydrogen-bond acceptors (Lipinski definition) is 8. The molecule has 6 rings (SSSR count). The lowest BCUT2D eigenvalue weighted by atomic mass is 9.99. The SMILES string of the molecule is Cc1nc2n(n1)CCN(C(=O)c1onc3ncccc13)CCCC(=O)N1CCCC[C@H]1C(=O)N[C@@H]2Cc1ccccc1. The fraction of sp³-hybridized carbons (Fsp3) is 0.433. The average molecular weight is 571 g/mol. The highest BCUT2D eigenvalue weighted by Crippen LogP contribution is 2.24. The monoisotopic (exact) mass is 570 g/mol. The number of nitrogens with zero attached hydrogens (tertiary/aromatic N) is 7. The first-order valence-corrected chi connectivity index (χ1v) is 14.5. The fourth-order valence-electron chi connectivity index (χ4n) is 5.90. The number of carbonyl (C=O) groups is 3. The van der Waals surface area contributed by atoms with Crippen LogP contribution < -0.4 is 5.32 Å². The van der Waals surface area contributed by atoms with E-state index < -0.39 is 12.1 Å². The Balaban J connectivity index is 1.35. The minimum absolute atomic E-state index is 0.0766. The maximum atomic E-state index is 13.8. The van der Waals surface area contributed by atoms with Crippen molar-refractivity contribution < 1.29 is 18.9 Å². The third kappa shape index (κ3) is 5.74. The molecule has 3 aromatic heterocycles. The van der Waals surface area contributed by atoms with E-state index in [1.54, 1.807) is 32.8 Å². The van der Waals surface area contributed by atoms with Gasteiger partial charge in [-0.2, -0.15) is 5.10 Å². The van der Waals surface area contributed by atoms with Gasteiger partial charge in [0.15, 0.2) is 0 Å². The lowest BCUT2D eigenvalue weighted by Gasteiger charge is -2.36. The van der Waals surface area contributed by atoms with Crippen LogP contribution in [-0.2, 0) is 22.6 Å². The maximum Gasteiger partial charge on any atom is 0.293 e. The normalized spacial score (nSPS) is 20.5. The van der Waals surface area contributed by atoms with E-state index >= 15 is 0 Å². The number of fused-ring (bicyclic) bond motifs is 3. The molecule has 0 unspecified atom stereocenters. The van der Waals surface area contributed by atoms with Crippen LogP contribution in [0, 0.1) is 6.92 Å². The van der Waals surface area contributed by atoms with E-state index in [1.165, 1.54) is 0 Å². The van der Waals surface area contributed by atoms with Crippen molar-refractivity contribution in [1.29, 1.82) is 0 Å². The first-order valence-electron chi connectivity index (χ1n) is 14.5. The number of benzene rings is 1. The van der Waals surface area contributed by atoms with Crippen LogP contribution in [0.1, 0.15) is 65.9 Å². The molecule has 12 nitrogen and oxygen atoms in total. The zero-order chi connectivity index (χ0) is 29.1. The van der Waals surface area contributed by atoms with Crippen LogP contribution in [-0.4, -0.2) is 78.1 Å². The van der Waals surface area contributed by atoms with Gasteiger partial charge in [-0.25, -0.2) is 14.6 Å². The van der Waals surface area contributed by atoms with Gasteiger partial charge in [0.2, 0.25) is 23.2 Å². The van der Waals surface area contributed by atoms with Crippen molar-refractivity contribution in [2.45, 2.75) is 64.1 Å². The maximum absolute atomic E-state index is 13.8. The summed E-state index contributed by atoms with van der Waals surface area (Å²) in [6, 6.07) is 12.4. The van der Waals surface area contributed by atoms with Crippen molar-refractivity contribution in [3.63, 3.8) is 0 Å². The van der Waals surface area contributed by atoms with Crippen LogP contribution in [0.5, 0.6) is 0 Å². The molecule has 1 aromatic carbocycles. The predicted molar refractivity (Wildman–Crippen MR) is 152 cm³/mol. The van der Waals surface area contributed by atoms with Crippen molar-refractivity contribution in [3.05, 3.63) is 71.6 Å². The molecule has 3 amide bonds. The van der Waals surface area contributed by atoms with E-state index in [-0.39, 0.29) is 29.9 Å². The molecule has 0 saturated carbocycles. The summed E-state index contributed by atoms with van der Waals surface area (Å²) in [5, 5.41) is 12.4. The molecule has 4 aromatic rings. The summed E-state index contributed by atoms with van der Waals surface area (Å²) in [6.45, 7) is 3.32. The molecule has 1 N–H and O–H groups in total. The Morgan fingerprint density at radius 2 is 1.88 bits per heavy atom. The fourth-order valence-corrected chi connectivity index (χ4v) is 5.90. The largest absolute Gasteiger partial charge is 0.348 e. The molecule has 12 heteroatoms. The van der Waals surface area contributed by atoms with E-state index in [2.05, 4.69) is 20.6 Å². The van der Waals surface area contributed by atoms with E-state index in [0.29, 0.717) is 68.1 Å². The summed E-state index contributed by atoms with van der Waals surface area (Å²) < 4.78 is 7.22. The molecular formula is C30H34N8O4. The number of amides is 3. The molecule has 0 radical (unpaired) electrons. The van der Waals surface area contributed by atoms with Gasteiger partial charge in [0.1, 0.15) is 17.7 Å². The first-order chi connectivity index (χ1) is 20.5. The Labute approximate surface area is 243 Å². The summed E-state index contributed by atoms with van der Waals surface area (Å²) in [7, 11) is 0. The van der Waals surface area contributed by atoms with Gasteiger partial charge in [-0.1, -0.05) is 35.5 Å². The van der Waals surface area contributed by atoms with Gasteiger partial charge in [0, 0.05) is 32.3 Å². The summed E-state index contributed by atoms with van der Waals surface area (Å²) >= 11 is 0. The minimum atomic E-state index is -0.546. The number of aryl methyl sites for hydroxylation is 1. The van der Waals surface area contributed by atoms with E-state index in [0.717, 1.165) is 18.4 Å². The molecule has 0 aliphatic carbocycles. The van der Waals surface area contributed by atoms with Crippen molar-refractivity contribution in [3.8, 4) is 0 Å². The number of hydrogen-bond donors (Lipinski definition) is 1. The lowest BCUT2D eigenvalue weighted by Crippen LogP contribution is -2.53. The van der Waals surface area contributed by atoms with E-state index in [1.807, 2.05) is 37.3 Å². The van der Waals surface area contributed by atoms with Gasteiger partial charge >= 0.3 is 0 Å². The van der Waals surface area contributed by atoms with E-state index in [4.69, 9.17) is 9.51 Å². The number of carbonyl (C=O) groups excluding carboxylic acids is 3. The smallest absolute Gasteiger partial charge is 0.293 e. The van der Waals surface area contributed by atoms with Crippen molar-refractivity contribution in [1.82, 2.24) is 40.0 Å². The molecule has 1 saturated heterocycles. The van der Waals surface area contributed by atoms with Crippen LogP contribution in [0.25, 0.3) is 11.0 Å². The Bertz CT molecular complexity index is 1580. The molecule has 5 heterocycles. The molecule has 218 valence electrons. The second-order valence-electron chi connectivity index (χ2n) is 10.9. The zero-order valence-electron chi connectivity index (χ0n) is 23.6. The standard InChI is InChI=1S/C30H34N8O4/c1-20-32-28-23(19-21-9-3-2-4-10-21)33-29(40)24-12-5-6-16-37(24)25(39)13-8-15-36(17-18-38(28)34-20)30(41)26-22-11-7-14-31-27(22)35-42-26/h2-4,7,9-11,14,23-24H,5-6,8,12-13,15-19H2,1H3,(H,33,40)/t23-,24+/m1/s1. The Kier molecular flexibility index (Phi) is 7.93. The van der Waals surface area contributed by atoms with Gasteiger partial charge in [0.05, 0.1) is 18.0 Å². The number of aromatic nitrogens is 5. The van der Waals surface area contributed by atoms with Crippen LogP contribution >= 0.6 is 0 Å². The van der Waals surface area contributed by atoms with Gasteiger partial charge < -0.3 is 19.6 Å². The van der Waals surface area contributed by atoms with Gasteiger partial charge in [-0.15, -0.1) is 0 Å². The topological polar surface area (TPSA) is 139 Å². The van der Waals surface area contributed by atoms with Crippen LogP contribution in [0.3, 0.4) is 0 Å². The summed E-state index contributed by atoms with van der Waals surface area (Å²) in [6.07, 6.45) is 5.12. The zero-order valence-corrected chi connectivity index (χ0v) is 23.6. The highest BCUT2D eigenvalue weighted by molar-refractivity contribution is 6.02. The average Bonchev–Trinajstić information content (AvgIpc) is 3.61. The van der Waals surface area contributed by atoms with Crippen molar-refractivity contribution >= 4 is 28.8 Å². The molecule has 0 spiro atoms. The minimum Gasteiger partial charge on any atom is -0.348 e. The lowest BCUT2D eigenvalue weighted by molar-refractivity contribution is -0.142. The first kappa shape index (κ1) is 27.6. The second kappa shape index (κ2) is 12.1. The van der Waals surface area contributed by atoms with Crippen LogP contribution in [0.2, 0.25) is 0 Å². The molecule has 2 atom stereocenters. The van der Waals surface area contributed by atoms with Crippen molar-refractivity contribution in [2.24, 2.45) is 0 Å². The number of rotatable bonds is 3. The quantitative estimate of drug-likeness (QED) is 0.397. The van der Waals surface area contributed by atoms with Crippen LogP contribution in [0.4, 0.5) is 0 Å². The van der Waals surface area contributed by atoms with Gasteiger partial charge in [0.25, 0.3) is 5.91 Å². The Morgan fingerprint density at radius 3 is 2.74 bits per heavy atom. The number of nitrogens with one attached hydrogen (secondary N) is 1. The number of pyridine rings is 1. The molecule has 1 fully saturated rings. The third-order valence-electron chi connectivity index (χ3n) is 7.98. The number of piperidine rings is 1. The Hall–Kier alpha value is -4.61. The second-order valence-corrected chi connectivity index (χ2v) is 10.9. The highest BCUT2D eigenvalue weighted by Gasteiger charge is 2.35. The van der Waals surface area contributed by atoms with Gasteiger partial charge in [-0.3, -0.25) is 14.4 Å². The van der Waals surface area contributed by atoms with Crippen LogP contribution in [0.15, 0.2) is 53.2 Å². The van der Waals surface area contributed by atoms with Crippen molar-refractivity contribution in [2.75, 3.05) is 19.6 Å². The molecule has 42 heavy (non-hydrogen) atoms. The summed E-state index contributed by atoms with van der Waals surface area (Å²) in [4.78, 5) is 53.2. The van der Waals surface area contributed by atoms with Gasteiger partial charge in [-0.05, 0) is 56.7 Å². The Morgan fingerprint density at radius 1 is 1.02 bits per heavy atom. The van der Waals surface area contributed by atoms with E-state index in [9.17, 15) is 14.4 Å².